The Balaban J connectivity index is 1.70. The molecule has 0 bridgehead atoms. The summed E-state index contributed by atoms with van der Waals surface area (Å²) in [7, 11) is 1.99. The highest BCUT2D eigenvalue weighted by atomic mass is 16.2. The number of likely N-dealkylation sites (tertiary alicyclic amines) is 1. The van der Waals surface area contributed by atoms with Gasteiger partial charge < -0.3 is 10.2 Å². The Hall–Kier alpha value is -1.32. The summed E-state index contributed by atoms with van der Waals surface area (Å²) in [6, 6.07) is 0.431. The molecule has 1 heterocycles. The predicted molar refractivity (Wildman–Crippen MR) is 112 cm³/mol. The molecule has 28 heavy (non-hydrogen) atoms. The van der Waals surface area contributed by atoms with Gasteiger partial charge in [-0.25, -0.2) is 0 Å². The number of nitrogens with one attached hydrogen (secondary N) is 1. The highest BCUT2D eigenvalue weighted by molar-refractivity contribution is 5.88. The number of allylic oxidation sites excluding steroid dienone is 1. The van der Waals surface area contributed by atoms with Crippen molar-refractivity contribution in [1.82, 2.24) is 10.2 Å². The van der Waals surface area contributed by atoms with E-state index in [1.165, 1.54) is 32.1 Å². The third kappa shape index (κ3) is 3.02. The van der Waals surface area contributed by atoms with E-state index in [9.17, 15) is 9.59 Å². The van der Waals surface area contributed by atoms with E-state index in [-0.39, 0.29) is 29.3 Å². The van der Waals surface area contributed by atoms with Crippen molar-refractivity contribution in [3.8, 4) is 0 Å². The molecule has 1 aliphatic heterocycles. The molecule has 0 aromatic carbocycles. The van der Waals surface area contributed by atoms with Crippen LogP contribution in [0.1, 0.15) is 79.1 Å². The zero-order chi connectivity index (χ0) is 20.3. The van der Waals surface area contributed by atoms with Crippen LogP contribution >= 0.6 is 0 Å². The summed E-state index contributed by atoms with van der Waals surface area (Å²) >= 11 is 0. The van der Waals surface area contributed by atoms with E-state index < -0.39 is 0 Å². The molecule has 4 rings (SSSR count). The lowest BCUT2D eigenvalue weighted by Crippen LogP contribution is -2.67. The molecule has 156 valence electrons. The minimum Gasteiger partial charge on any atom is -0.349 e. The third-order valence-electron chi connectivity index (χ3n) is 9.15. The first kappa shape index (κ1) is 20.0. The minimum absolute atomic E-state index is 0.0439. The van der Waals surface area contributed by atoms with Gasteiger partial charge in [-0.1, -0.05) is 25.8 Å². The molecule has 1 unspecified atom stereocenters. The van der Waals surface area contributed by atoms with Crippen LogP contribution in [-0.4, -0.2) is 35.8 Å². The van der Waals surface area contributed by atoms with E-state index in [4.69, 9.17) is 0 Å². The summed E-state index contributed by atoms with van der Waals surface area (Å²) in [5, 5.41) is 3.41. The van der Waals surface area contributed by atoms with Crippen LogP contribution < -0.4 is 5.32 Å². The third-order valence-corrected chi connectivity index (χ3v) is 9.15. The van der Waals surface area contributed by atoms with Gasteiger partial charge in [-0.05, 0) is 81.0 Å². The van der Waals surface area contributed by atoms with E-state index in [1.807, 2.05) is 25.8 Å². The summed E-state index contributed by atoms with van der Waals surface area (Å²) in [4.78, 5) is 27.2. The van der Waals surface area contributed by atoms with Crippen LogP contribution in [0.3, 0.4) is 0 Å². The van der Waals surface area contributed by atoms with Crippen LogP contribution in [0.15, 0.2) is 11.6 Å². The van der Waals surface area contributed by atoms with Crippen molar-refractivity contribution >= 4 is 11.8 Å². The number of rotatable bonds is 2. The molecule has 0 spiro atoms. The molecule has 0 aromatic rings. The number of nitrogens with zero attached hydrogens (tertiary/aromatic N) is 1. The Labute approximate surface area is 170 Å². The molecule has 1 saturated heterocycles. The number of hydrogen-bond acceptors (Lipinski definition) is 2. The van der Waals surface area contributed by atoms with Gasteiger partial charge in [-0.2, -0.15) is 0 Å². The van der Waals surface area contributed by atoms with Gasteiger partial charge in [0.15, 0.2) is 0 Å². The molecular formula is C24H38N2O2. The zero-order valence-electron chi connectivity index (χ0n) is 18.4. The summed E-state index contributed by atoms with van der Waals surface area (Å²) in [6.45, 7) is 8.90. The van der Waals surface area contributed by atoms with Crippen LogP contribution in [0.25, 0.3) is 0 Å². The molecular weight excluding hydrogens is 348 g/mol. The number of fused-ring (bicyclic) bond motifs is 5. The van der Waals surface area contributed by atoms with Crippen molar-refractivity contribution < 1.29 is 9.59 Å². The van der Waals surface area contributed by atoms with E-state index in [0.717, 1.165) is 18.4 Å². The van der Waals surface area contributed by atoms with Gasteiger partial charge in [0, 0.05) is 31.6 Å². The number of carbonyl (C=O) groups excluding carboxylic acids is 2. The molecule has 0 aromatic heterocycles. The summed E-state index contributed by atoms with van der Waals surface area (Å²) in [5.74, 6) is 2.19. The van der Waals surface area contributed by atoms with Crippen molar-refractivity contribution in [2.45, 2.75) is 91.1 Å². The maximum absolute atomic E-state index is 12.7. The number of piperidine rings is 1. The number of hydrogen-bond donors (Lipinski definition) is 1. The topological polar surface area (TPSA) is 49.4 Å². The van der Waals surface area contributed by atoms with Crippen LogP contribution in [0.5, 0.6) is 0 Å². The summed E-state index contributed by atoms with van der Waals surface area (Å²) < 4.78 is 0. The second-order valence-corrected chi connectivity index (χ2v) is 11.0. The van der Waals surface area contributed by atoms with Crippen molar-refractivity contribution in [2.24, 2.45) is 28.6 Å². The molecule has 4 fully saturated rings. The van der Waals surface area contributed by atoms with Crippen LogP contribution in [-0.2, 0) is 9.59 Å². The molecule has 4 heteroatoms. The molecule has 1 N–H and O–H groups in total. The number of carbonyl (C=O) groups is 2. The lowest BCUT2D eigenvalue weighted by Gasteiger charge is -2.63. The lowest BCUT2D eigenvalue weighted by molar-refractivity contribution is -0.161. The van der Waals surface area contributed by atoms with Gasteiger partial charge in [0.05, 0.1) is 0 Å². The van der Waals surface area contributed by atoms with Crippen LogP contribution in [0.4, 0.5) is 0 Å². The van der Waals surface area contributed by atoms with Gasteiger partial charge in [0.2, 0.25) is 11.8 Å². The fourth-order valence-electron chi connectivity index (χ4n) is 7.75. The predicted octanol–water partition coefficient (Wildman–Crippen LogP) is 4.30. The Morgan fingerprint density at radius 1 is 1.14 bits per heavy atom. The Bertz CT molecular complexity index is 697. The Morgan fingerprint density at radius 2 is 1.89 bits per heavy atom. The minimum atomic E-state index is 0.0439. The molecule has 3 saturated carbocycles. The second kappa shape index (κ2) is 6.88. The average molecular weight is 387 g/mol. The van der Waals surface area contributed by atoms with Crippen molar-refractivity contribution in [1.29, 1.82) is 0 Å². The standard InChI is InChI=1S/C24H38N2O2/c1-15(2)13-20(27)25-18-14-19-24(4,12-9-21(28)26(19)5)17-8-11-23(3)10-6-7-16(23)22(17)18/h13,16-19,22H,6-12,14H2,1-5H3,(H,25,27)/t16-,17-,18?,19+,22-,23-,24+/m0/s1. The molecule has 0 radical (unpaired) electrons. The van der Waals surface area contributed by atoms with Gasteiger partial charge in [-0.15, -0.1) is 0 Å². The van der Waals surface area contributed by atoms with Crippen LogP contribution in [0.2, 0.25) is 0 Å². The maximum atomic E-state index is 12.7. The van der Waals surface area contributed by atoms with Crippen molar-refractivity contribution in [3.05, 3.63) is 11.6 Å². The van der Waals surface area contributed by atoms with E-state index in [2.05, 4.69) is 19.2 Å². The lowest BCUT2D eigenvalue weighted by atomic mass is 9.46. The second-order valence-electron chi connectivity index (χ2n) is 11.0. The molecule has 2 amide bonds. The highest BCUT2D eigenvalue weighted by Gasteiger charge is 2.62. The fourth-order valence-corrected chi connectivity index (χ4v) is 7.75. The fraction of sp³-hybridized carbons (Fsp3) is 0.833. The monoisotopic (exact) mass is 386 g/mol. The van der Waals surface area contributed by atoms with Crippen LogP contribution in [0, 0.1) is 28.6 Å². The molecule has 3 aliphatic carbocycles. The quantitative estimate of drug-likeness (QED) is 0.719. The largest absolute Gasteiger partial charge is 0.349 e. The van der Waals surface area contributed by atoms with Gasteiger partial charge in [0.25, 0.3) is 0 Å². The zero-order valence-corrected chi connectivity index (χ0v) is 18.4. The van der Waals surface area contributed by atoms with Crippen molar-refractivity contribution in [2.75, 3.05) is 7.05 Å². The average Bonchev–Trinajstić information content (AvgIpc) is 3.01. The van der Waals surface area contributed by atoms with Gasteiger partial charge in [-0.3, -0.25) is 9.59 Å². The first-order chi connectivity index (χ1) is 13.2. The normalized spacial score (nSPS) is 45.0. The number of amides is 2. The Kier molecular flexibility index (Phi) is 4.91. The molecule has 4 aliphatic rings. The summed E-state index contributed by atoms with van der Waals surface area (Å²) in [6.07, 6.45) is 10.9. The van der Waals surface area contributed by atoms with E-state index in [1.54, 1.807) is 6.08 Å². The highest BCUT2D eigenvalue weighted by Crippen LogP contribution is 2.64. The molecule has 4 nitrogen and oxygen atoms in total. The Morgan fingerprint density at radius 3 is 2.61 bits per heavy atom. The van der Waals surface area contributed by atoms with E-state index >= 15 is 0 Å². The van der Waals surface area contributed by atoms with E-state index in [0.29, 0.717) is 29.6 Å². The van der Waals surface area contributed by atoms with Gasteiger partial charge >= 0.3 is 0 Å². The maximum Gasteiger partial charge on any atom is 0.244 e. The summed E-state index contributed by atoms with van der Waals surface area (Å²) in [5.41, 5.74) is 1.67. The smallest absolute Gasteiger partial charge is 0.244 e. The molecule has 7 atom stereocenters. The first-order valence-corrected chi connectivity index (χ1v) is 11.4. The first-order valence-electron chi connectivity index (χ1n) is 11.4. The SMILES string of the molecule is CC(C)=CC(=O)NC1C[C@H]2N(C)C(=O)CC[C@]2(C)[C@H]2CC[C@]3(C)CCC[C@H]3[C@H]12. The van der Waals surface area contributed by atoms with Gasteiger partial charge in [0.1, 0.15) is 0 Å². The van der Waals surface area contributed by atoms with Crippen molar-refractivity contribution in [3.63, 3.8) is 0 Å².